The smallest absolute Gasteiger partial charge is 0.310 e. The molecule has 0 unspecified atom stereocenters. The molecule has 0 saturated heterocycles. The second-order valence-corrected chi connectivity index (χ2v) is 6.91. The van der Waals surface area contributed by atoms with Crippen molar-refractivity contribution in [2.24, 2.45) is 0 Å². The minimum Gasteiger partial charge on any atom is -0.466 e. The summed E-state index contributed by atoms with van der Waals surface area (Å²) < 4.78 is 16.7. The van der Waals surface area contributed by atoms with E-state index in [1.807, 2.05) is 42.5 Å². The Kier molecular flexibility index (Phi) is 5.39. The molecule has 6 heteroatoms. The van der Waals surface area contributed by atoms with Crippen LogP contribution < -0.4 is 10.1 Å². The predicted molar refractivity (Wildman–Crippen MR) is 115 cm³/mol. The Bertz CT molecular complexity index is 1240. The standard InChI is InChI=1S/C24H21NO5/c1-3-28-24(27)12-18-14-29-23-11-16-7-8-21(9-17(16)10-22(18)23)30-20-6-4-5-19(13-20)25-15(2)26/h4-11,13-14H,3,12H2,1-2H3,(H,25,26). The van der Waals surface area contributed by atoms with E-state index in [9.17, 15) is 9.59 Å². The first-order valence-corrected chi connectivity index (χ1v) is 9.67. The quantitative estimate of drug-likeness (QED) is 0.434. The number of esters is 1. The van der Waals surface area contributed by atoms with E-state index >= 15 is 0 Å². The van der Waals surface area contributed by atoms with E-state index in [2.05, 4.69) is 5.32 Å². The molecule has 0 atom stereocenters. The largest absolute Gasteiger partial charge is 0.466 e. The second-order valence-electron chi connectivity index (χ2n) is 6.91. The lowest BCUT2D eigenvalue weighted by Crippen LogP contribution is -2.06. The molecule has 1 heterocycles. The third kappa shape index (κ3) is 4.27. The first-order valence-electron chi connectivity index (χ1n) is 9.67. The number of anilines is 1. The van der Waals surface area contributed by atoms with Gasteiger partial charge >= 0.3 is 5.97 Å². The van der Waals surface area contributed by atoms with Crippen LogP contribution in [-0.2, 0) is 20.7 Å². The zero-order valence-electron chi connectivity index (χ0n) is 16.7. The highest BCUT2D eigenvalue weighted by atomic mass is 16.5. The number of hydrogen-bond acceptors (Lipinski definition) is 5. The molecule has 0 bridgehead atoms. The summed E-state index contributed by atoms with van der Waals surface area (Å²) in [5.41, 5.74) is 2.18. The van der Waals surface area contributed by atoms with Gasteiger partial charge < -0.3 is 19.2 Å². The van der Waals surface area contributed by atoms with Gasteiger partial charge in [0.05, 0.1) is 19.3 Å². The molecular formula is C24H21NO5. The fourth-order valence-corrected chi connectivity index (χ4v) is 3.35. The van der Waals surface area contributed by atoms with E-state index in [1.54, 1.807) is 25.3 Å². The van der Waals surface area contributed by atoms with E-state index < -0.39 is 0 Å². The van der Waals surface area contributed by atoms with Crippen LogP contribution in [0, 0.1) is 0 Å². The average Bonchev–Trinajstić information content (AvgIpc) is 3.08. The molecule has 1 amide bonds. The Morgan fingerprint density at radius 1 is 1.00 bits per heavy atom. The summed E-state index contributed by atoms with van der Waals surface area (Å²) in [6, 6.07) is 16.9. The zero-order chi connectivity index (χ0) is 21.1. The van der Waals surface area contributed by atoms with Crippen molar-refractivity contribution >= 4 is 39.3 Å². The highest BCUT2D eigenvalue weighted by Crippen LogP contribution is 2.32. The molecule has 3 aromatic carbocycles. The van der Waals surface area contributed by atoms with E-state index in [1.165, 1.54) is 6.92 Å². The van der Waals surface area contributed by atoms with E-state index in [0.717, 1.165) is 27.3 Å². The third-order valence-electron chi connectivity index (χ3n) is 4.61. The van der Waals surface area contributed by atoms with Crippen molar-refractivity contribution in [3.8, 4) is 11.5 Å². The number of rotatable bonds is 6. The maximum atomic E-state index is 11.9. The SMILES string of the molecule is CCOC(=O)Cc1coc2cc3ccc(Oc4cccc(NC(C)=O)c4)cc3cc12. The number of furan rings is 1. The van der Waals surface area contributed by atoms with Gasteiger partial charge in [-0.15, -0.1) is 0 Å². The molecule has 0 saturated carbocycles. The molecule has 0 aliphatic rings. The normalized spacial score (nSPS) is 10.9. The molecule has 152 valence electrons. The maximum absolute atomic E-state index is 11.9. The Labute approximate surface area is 173 Å². The summed E-state index contributed by atoms with van der Waals surface area (Å²) in [4.78, 5) is 23.1. The predicted octanol–water partition coefficient (Wildman–Crippen LogP) is 5.44. The molecule has 6 nitrogen and oxygen atoms in total. The fraction of sp³-hybridized carbons (Fsp3) is 0.167. The molecule has 1 aromatic heterocycles. The number of carbonyl (C=O) groups excluding carboxylic acids is 2. The van der Waals surface area contributed by atoms with Crippen molar-refractivity contribution in [3.05, 3.63) is 66.4 Å². The fourth-order valence-electron chi connectivity index (χ4n) is 3.35. The van der Waals surface area contributed by atoms with Gasteiger partial charge in [0.25, 0.3) is 0 Å². The molecule has 0 aliphatic heterocycles. The van der Waals surface area contributed by atoms with Crippen LogP contribution >= 0.6 is 0 Å². The van der Waals surface area contributed by atoms with Crippen molar-refractivity contribution in [3.63, 3.8) is 0 Å². The van der Waals surface area contributed by atoms with Crippen LogP contribution in [0.25, 0.3) is 21.7 Å². The van der Waals surface area contributed by atoms with E-state index in [-0.39, 0.29) is 18.3 Å². The van der Waals surface area contributed by atoms with Crippen molar-refractivity contribution < 1.29 is 23.5 Å². The number of benzene rings is 3. The molecular weight excluding hydrogens is 382 g/mol. The Hall–Kier alpha value is -3.80. The van der Waals surface area contributed by atoms with Crippen LogP contribution in [0.5, 0.6) is 11.5 Å². The van der Waals surface area contributed by atoms with Gasteiger partial charge in [0.1, 0.15) is 17.1 Å². The van der Waals surface area contributed by atoms with Gasteiger partial charge in [-0.25, -0.2) is 0 Å². The van der Waals surface area contributed by atoms with Crippen LogP contribution in [0.1, 0.15) is 19.4 Å². The zero-order valence-corrected chi connectivity index (χ0v) is 16.7. The van der Waals surface area contributed by atoms with Gasteiger partial charge in [-0.1, -0.05) is 12.1 Å². The van der Waals surface area contributed by atoms with Crippen LogP contribution in [0.3, 0.4) is 0 Å². The van der Waals surface area contributed by atoms with E-state index in [0.29, 0.717) is 23.8 Å². The summed E-state index contributed by atoms with van der Waals surface area (Å²) in [7, 11) is 0. The number of carbonyl (C=O) groups is 2. The lowest BCUT2D eigenvalue weighted by Gasteiger charge is -2.09. The second kappa shape index (κ2) is 8.29. The van der Waals surface area contributed by atoms with Gasteiger partial charge in [-0.3, -0.25) is 9.59 Å². The third-order valence-corrected chi connectivity index (χ3v) is 4.61. The molecule has 4 rings (SSSR count). The molecule has 4 aromatic rings. The minimum atomic E-state index is -0.281. The number of ether oxygens (including phenoxy) is 2. The van der Waals surface area contributed by atoms with E-state index in [4.69, 9.17) is 13.9 Å². The molecule has 0 spiro atoms. The van der Waals surface area contributed by atoms with Crippen molar-refractivity contribution in [2.45, 2.75) is 20.3 Å². The minimum absolute atomic E-state index is 0.138. The average molecular weight is 403 g/mol. The van der Waals surface area contributed by atoms with Crippen LogP contribution in [-0.4, -0.2) is 18.5 Å². The van der Waals surface area contributed by atoms with Gasteiger partial charge in [0.15, 0.2) is 0 Å². The van der Waals surface area contributed by atoms with Gasteiger partial charge in [0, 0.05) is 29.6 Å². The van der Waals surface area contributed by atoms with Crippen LogP contribution in [0.4, 0.5) is 5.69 Å². The highest BCUT2D eigenvalue weighted by Gasteiger charge is 2.12. The van der Waals surface area contributed by atoms with Crippen molar-refractivity contribution in [1.82, 2.24) is 0 Å². The summed E-state index contributed by atoms with van der Waals surface area (Å²) in [6.07, 6.45) is 1.77. The number of hydrogen-bond donors (Lipinski definition) is 1. The van der Waals surface area contributed by atoms with Gasteiger partial charge in [-0.05, 0) is 54.1 Å². The molecule has 1 N–H and O–H groups in total. The number of fused-ring (bicyclic) bond motifs is 2. The summed E-state index contributed by atoms with van der Waals surface area (Å²) in [6.45, 7) is 3.59. The molecule has 0 aliphatic carbocycles. The Balaban J connectivity index is 1.63. The monoisotopic (exact) mass is 403 g/mol. The molecule has 30 heavy (non-hydrogen) atoms. The lowest BCUT2D eigenvalue weighted by atomic mass is 10.0. The number of nitrogens with one attached hydrogen (secondary N) is 1. The Morgan fingerprint density at radius 2 is 1.83 bits per heavy atom. The summed E-state index contributed by atoms with van der Waals surface area (Å²) in [5, 5.41) is 5.58. The van der Waals surface area contributed by atoms with Crippen LogP contribution in [0.2, 0.25) is 0 Å². The first kappa shape index (κ1) is 19.5. The van der Waals surface area contributed by atoms with Gasteiger partial charge in [0.2, 0.25) is 5.91 Å². The van der Waals surface area contributed by atoms with Gasteiger partial charge in [-0.2, -0.15) is 0 Å². The lowest BCUT2D eigenvalue weighted by molar-refractivity contribution is -0.142. The van der Waals surface area contributed by atoms with Crippen LogP contribution in [0.15, 0.2) is 65.3 Å². The topological polar surface area (TPSA) is 77.8 Å². The molecule has 0 fully saturated rings. The number of amides is 1. The Morgan fingerprint density at radius 3 is 2.63 bits per heavy atom. The summed E-state index contributed by atoms with van der Waals surface area (Å²) >= 11 is 0. The first-order chi connectivity index (χ1) is 14.5. The highest BCUT2D eigenvalue weighted by molar-refractivity contribution is 5.99. The summed E-state index contributed by atoms with van der Waals surface area (Å²) in [5.74, 6) is 0.863. The molecule has 0 radical (unpaired) electrons. The van der Waals surface area contributed by atoms with Crippen molar-refractivity contribution in [1.29, 1.82) is 0 Å². The van der Waals surface area contributed by atoms with Crippen molar-refractivity contribution in [2.75, 3.05) is 11.9 Å². The maximum Gasteiger partial charge on any atom is 0.310 e.